The molecular formula is C27H37NO6. The van der Waals surface area contributed by atoms with Gasteiger partial charge < -0.3 is 9.84 Å². The van der Waals surface area contributed by atoms with Crippen molar-refractivity contribution in [1.29, 1.82) is 0 Å². The van der Waals surface area contributed by atoms with Gasteiger partial charge in [-0.1, -0.05) is 12.1 Å². The zero-order chi connectivity index (χ0) is 22.8. The Kier molecular flexibility index (Phi) is 5.46. The summed E-state index contributed by atoms with van der Waals surface area (Å²) in [6.45, 7) is 4.17. The first kappa shape index (κ1) is 22.0. The average molecular weight is 472 g/mol. The van der Waals surface area contributed by atoms with Crippen LogP contribution in [0.4, 0.5) is 0 Å². The lowest BCUT2D eigenvalue weighted by Gasteiger charge is -2.68. The predicted octanol–water partition coefficient (Wildman–Crippen LogP) is 4.50. The van der Waals surface area contributed by atoms with Crippen LogP contribution in [0.5, 0.6) is 5.75 Å². The van der Waals surface area contributed by atoms with E-state index in [0.29, 0.717) is 23.5 Å². The maximum Gasteiger partial charge on any atom is 0.240 e. The van der Waals surface area contributed by atoms with Crippen molar-refractivity contribution in [2.45, 2.75) is 69.6 Å². The molecule has 7 aliphatic rings. The predicted molar refractivity (Wildman–Crippen MR) is 122 cm³/mol. The Balaban J connectivity index is 1.21. The molecule has 2 heterocycles. The van der Waals surface area contributed by atoms with Crippen LogP contribution in [0.3, 0.4) is 0 Å². The number of ether oxygens (including phenoxy) is 1. The van der Waals surface area contributed by atoms with Crippen molar-refractivity contribution in [3.05, 3.63) is 29.3 Å². The first-order valence-electron chi connectivity index (χ1n) is 13.4. The molecule has 5 saturated carbocycles. The van der Waals surface area contributed by atoms with Crippen molar-refractivity contribution < 1.29 is 29.4 Å². The van der Waals surface area contributed by atoms with E-state index in [1.165, 1.54) is 37.7 Å². The second kappa shape index (κ2) is 8.43. The molecule has 1 N–H and O–H groups in total. The SMILES string of the molecule is Oc1ccc(C2CCC3(OOCOO3)C3(C2)C2CC4CC(C2)CC3C4)cc1CN1CCOCC1. The van der Waals surface area contributed by atoms with Gasteiger partial charge in [0.15, 0.2) is 0 Å². The van der Waals surface area contributed by atoms with Gasteiger partial charge in [0.05, 0.1) is 13.2 Å². The molecule has 0 aromatic heterocycles. The number of hydrogen-bond donors (Lipinski definition) is 1. The molecule has 4 bridgehead atoms. The molecule has 0 amide bonds. The Labute approximate surface area is 201 Å². The van der Waals surface area contributed by atoms with Crippen LogP contribution in [0, 0.1) is 29.1 Å². The van der Waals surface area contributed by atoms with Gasteiger partial charge in [0.25, 0.3) is 0 Å². The zero-order valence-electron chi connectivity index (χ0n) is 20.0. The Morgan fingerprint density at radius 2 is 1.65 bits per heavy atom. The van der Waals surface area contributed by atoms with Gasteiger partial charge >= 0.3 is 0 Å². The van der Waals surface area contributed by atoms with Crippen LogP contribution in [0.25, 0.3) is 0 Å². The molecular weight excluding hydrogens is 434 g/mol. The van der Waals surface area contributed by atoms with Crippen molar-refractivity contribution >= 4 is 0 Å². The van der Waals surface area contributed by atoms with E-state index < -0.39 is 5.79 Å². The molecule has 7 nitrogen and oxygen atoms in total. The number of hydrogen-bond acceptors (Lipinski definition) is 7. The van der Waals surface area contributed by atoms with Crippen LogP contribution in [-0.4, -0.2) is 48.9 Å². The summed E-state index contributed by atoms with van der Waals surface area (Å²) in [7, 11) is 0. The molecule has 0 radical (unpaired) electrons. The molecule has 1 atom stereocenters. The van der Waals surface area contributed by atoms with Crippen LogP contribution in [0.2, 0.25) is 0 Å². The monoisotopic (exact) mass is 471 g/mol. The Morgan fingerprint density at radius 3 is 2.35 bits per heavy atom. The first-order chi connectivity index (χ1) is 16.7. The van der Waals surface area contributed by atoms with Crippen LogP contribution < -0.4 is 0 Å². The molecule has 1 unspecified atom stereocenters. The molecule has 8 rings (SSSR count). The molecule has 7 fully saturated rings. The minimum atomic E-state index is -0.794. The summed E-state index contributed by atoms with van der Waals surface area (Å²) >= 11 is 0. The van der Waals surface area contributed by atoms with Crippen molar-refractivity contribution in [3.63, 3.8) is 0 Å². The molecule has 5 aliphatic carbocycles. The van der Waals surface area contributed by atoms with E-state index >= 15 is 0 Å². The first-order valence-corrected chi connectivity index (χ1v) is 13.4. The van der Waals surface area contributed by atoms with E-state index in [2.05, 4.69) is 17.0 Å². The summed E-state index contributed by atoms with van der Waals surface area (Å²) in [5, 5.41) is 10.6. The zero-order valence-corrected chi connectivity index (χ0v) is 20.0. The van der Waals surface area contributed by atoms with Crippen molar-refractivity contribution in [3.8, 4) is 5.75 Å². The second-order valence-electron chi connectivity index (χ2n) is 11.8. The molecule has 2 saturated heterocycles. The Morgan fingerprint density at radius 1 is 0.941 bits per heavy atom. The average Bonchev–Trinajstić information content (AvgIpc) is 2.86. The van der Waals surface area contributed by atoms with Crippen LogP contribution in [-0.2, 0) is 30.8 Å². The molecule has 2 spiro atoms. The Bertz CT molecular complexity index is 880. The van der Waals surface area contributed by atoms with Gasteiger partial charge in [0.2, 0.25) is 12.6 Å². The van der Waals surface area contributed by atoms with Gasteiger partial charge in [-0.2, -0.15) is 9.78 Å². The second-order valence-corrected chi connectivity index (χ2v) is 11.8. The third kappa shape index (κ3) is 3.39. The fourth-order valence-electron chi connectivity index (χ4n) is 9.02. The number of phenolic OH excluding ortho intramolecular Hbond substituents is 1. The standard InChI is InChI=1S/C27H37NO6/c29-25-2-1-20(14-22(25)16-28-5-7-30-8-6-28)21-3-4-27(33-31-17-32-34-27)26(15-21)23-10-18-9-19(12-23)13-24(26)11-18/h1-2,14,18-19,21,23-24,29H,3-13,15-17H2. The molecule has 2 aliphatic heterocycles. The van der Waals surface area contributed by atoms with Gasteiger partial charge in [-0.15, -0.1) is 0 Å². The highest BCUT2D eigenvalue weighted by Gasteiger charge is 2.71. The van der Waals surface area contributed by atoms with Crippen LogP contribution in [0.15, 0.2) is 18.2 Å². The van der Waals surface area contributed by atoms with E-state index in [9.17, 15) is 5.11 Å². The van der Waals surface area contributed by atoms with Gasteiger partial charge in [0.1, 0.15) is 5.75 Å². The lowest BCUT2D eigenvalue weighted by molar-refractivity contribution is -0.629. The summed E-state index contributed by atoms with van der Waals surface area (Å²) in [5.41, 5.74) is 2.28. The van der Waals surface area contributed by atoms with Gasteiger partial charge in [-0.25, -0.2) is 9.78 Å². The van der Waals surface area contributed by atoms with Crippen molar-refractivity contribution in [2.24, 2.45) is 29.1 Å². The number of morpholine rings is 1. The van der Waals surface area contributed by atoms with Gasteiger partial charge in [-0.05, 0) is 86.2 Å². The topological polar surface area (TPSA) is 69.6 Å². The third-order valence-electron chi connectivity index (χ3n) is 10.3. The third-order valence-corrected chi connectivity index (χ3v) is 10.3. The number of aromatic hydroxyl groups is 1. The van der Waals surface area contributed by atoms with E-state index in [-0.39, 0.29) is 12.2 Å². The van der Waals surface area contributed by atoms with E-state index in [1.54, 1.807) is 0 Å². The molecule has 1 aromatic carbocycles. The van der Waals surface area contributed by atoms with E-state index in [0.717, 1.165) is 69.5 Å². The van der Waals surface area contributed by atoms with Gasteiger partial charge in [-0.3, -0.25) is 4.90 Å². The summed E-state index contributed by atoms with van der Waals surface area (Å²) < 4.78 is 5.50. The van der Waals surface area contributed by atoms with Crippen molar-refractivity contribution in [2.75, 3.05) is 33.1 Å². The highest BCUT2D eigenvalue weighted by Crippen LogP contribution is 2.71. The Hall–Kier alpha value is -1.22. The van der Waals surface area contributed by atoms with Crippen LogP contribution >= 0.6 is 0 Å². The van der Waals surface area contributed by atoms with Gasteiger partial charge in [0, 0.05) is 37.0 Å². The molecule has 7 heteroatoms. The van der Waals surface area contributed by atoms with E-state index in [4.69, 9.17) is 24.3 Å². The summed E-state index contributed by atoms with van der Waals surface area (Å²) in [6, 6.07) is 6.30. The molecule has 34 heavy (non-hydrogen) atoms. The normalized spacial score (nSPS) is 41.4. The number of nitrogens with zero attached hydrogens (tertiary/aromatic N) is 1. The molecule has 186 valence electrons. The maximum atomic E-state index is 10.6. The number of phenols is 1. The highest BCUT2D eigenvalue weighted by molar-refractivity contribution is 5.38. The minimum absolute atomic E-state index is 0.0324. The number of benzene rings is 1. The highest BCUT2D eigenvalue weighted by atomic mass is 17.4. The fraction of sp³-hybridized carbons (Fsp3) is 0.778. The minimum Gasteiger partial charge on any atom is -0.508 e. The lowest BCUT2D eigenvalue weighted by Crippen LogP contribution is -2.68. The fourth-order valence-corrected chi connectivity index (χ4v) is 9.02. The quantitative estimate of drug-likeness (QED) is 0.651. The smallest absolute Gasteiger partial charge is 0.240 e. The summed E-state index contributed by atoms with van der Waals surface area (Å²) in [4.78, 5) is 25.5. The molecule has 1 aromatic rings. The largest absolute Gasteiger partial charge is 0.508 e. The van der Waals surface area contributed by atoms with E-state index in [1.807, 2.05) is 6.07 Å². The maximum absolute atomic E-state index is 10.6. The number of rotatable bonds is 3. The summed E-state index contributed by atoms with van der Waals surface area (Å²) in [5.74, 6) is 2.95. The summed E-state index contributed by atoms with van der Waals surface area (Å²) in [6.07, 6.45) is 9.33. The van der Waals surface area contributed by atoms with Crippen LogP contribution in [0.1, 0.15) is 68.4 Å². The van der Waals surface area contributed by atoms with Crippen molar-refractivity contribution in [1.82, 2.24) is 4.90 Å². The lowest BCUT2D eigenvalue weighted by atomic mass is 9.40.